The van der Waals surface area contributed by atoms with Crippen molar-refractivity contribution in [3.8, 4) is 0 Å². The zero-order valence-corrected chi connectivity index (χ0v) is 21.8. The fraction of sp³-hybridized carbons (Fsp3) is 0.350. The van der Waals surface area contributed by atoms with Crippen molar-refractivity contribution < 1.29 is 18.0 Å². The lowest BCUT2D eigenvalue weighted by Crippen LogP contribution is -2.40. The Balaban J connectivity index is 2.23. The molecule has 9 nitrogen and oxygen atoms in total. The summed E-state index contributed by atoms with van der Waals surface area (Å²) < 4.78 is 25.4. The van der Waals surface area contributed by atoms with Crippen LogP contribution in [0.1, 0.15) is 26.4 Å². The standard InChI is InChI=1S/C20H23BrCl2N4O5S/c1-26(33(2,31)32)10-8-24-19(29)17-16(21)11-15(20(30)27(17)9-7-22)18(28)25-12-13-3-5-14(23)6-4-13/h3-6,11H,7-10,12H2,1-2H3,(H,24,29)(H,25,28). The van der Waals surface area contributed by atoms with Gasteiger partial charge in [-0.1, -0.05) is 23.7 Å². The maximum Gasteiger partial charge on any atom is 0.269 e. The third-order valence-corrected chi connectivity index (χ3v) is 7.00. The molecule has 2 N–H and O–H groups in total. The monoisotopic (exact) mass is 580 g/mol. The first kappa shape index (κ1) is 27.3. The number of pyridine rings is 1. The fourth-order valence-electron chi connectivity index (χ4n) is 2.78. The fourth-order valence-corrected chi connectivity index (χ4v) is 4.12. The Bertz CT molecular complexity index is 1190. The maximum atomic E-state index is 13.0. The molecule has 1 aromatic carbocycles. The lowest BCUT2D eigenvalue weighted by Gasteiger charge is -2.17. The lowest BCUT2D eigenvalue weighted by molar-refractivity contribution is 0.0928. The van der Waals surface area contributed by atoms with Crippen LogP contribution < -0.4 is 16.2 Å². The number of nitrogens with one attached hydrogen (secondary N) is 2. The molecule has 0 aliphatic carbocycles. The molecule has 0 radical (unpaired) electrons. The van der Waals surface area contributed by atoms with Crippen LogP contribution in [0.15, 0.2) is 39.6 Å². The van der Waals surface area contributed by atoms with Gasteiger partial charge in [-0.15, -0.1) is 11.6 Å². The summed E-state index contributed by atoms with van der Waals surface area (Å²) in [6.07, 6.45) is 1.06. The predicted molar refractivity (Wildman–Crippen MR) is 132 cm³/mol. The number of hydrogen-bond acceptors (Lipinski definition) is 5. The molecule has 0 saturated carbocycles. The van der Waals surface area contributed by atoms with Crippen molar-refractivity contribution in [2.45, 2.75) is 13.1 Å². The zero-order valence-electron chi connectivity index (χ0n) is 17.9. The average Bonchev–Trinajstić information content (AvgIpc) is 2.74. The second kappa shape index (κ2) is 12.0. The normalized spacial score (nSPS) is 11.5. The molecule has 0 saturated heterocycles. The molecule has 0 atom stereocenters. The largest absolute Gasteiger partial charge is 0.349 e. The van der Waals surface area contributed by atoms with E-state index in [0.29, 0.717) is 5.02 Å². The number of hydrogen-bond donors (Lipinski definition) is 2. The zero-order chi connectivity index (χ0) is 24.8. The molecule has 0 unspecified atom stereocenters. The van der Waals surface area contributed by atoms with Crippen molar-refractivity contribution in [3.05, 3.63) is 67.0 Å². The van der Waals surface area contributed by atoms with Gasteiger partial charge in [0.05, 0.1) is 6.26 Å². The minimum Gasteiger partial charge on any atom is -0.349 e. The lowest BCUT2D eigenvalue weighted by atomic mass is 10.2. The van der Waals surface area contributed by atoms with Crippen LogP contribution >= 0.6 is 39.1 Å². The van der Waals surface area contributed by atoms with Gasteiger partial charge in [0.25, 0.3) is 17.4 Å². The summed E-state index contributed by atoms with van der Waals surface area (Å²) >= 11 is 14.9. The van der Waals surface area contributed by atoms with Crippen LogP contribution in [0.25, 0.3) is 0 Å². The van der Waals surface area contributed by atoms with Gasteiger partial charge in [-0.3, -0.25) is 14.4 Å². The Morgan fingerprint density at radius 2 is 1.79 bits per heavy atom. The molecule has 0 spiro atoms. The van der Waals surface area contributed by atoms with Gasteiger partial charge in [0.15, 0.2) is 0 Å². The van der Waals surface area contributed by atoms with Gasteiger partial charge in [-0.2, -0.15) is 0 Å². The molecule has 13 heteroatoms. The summed E-state index contributed by atoms with van der Waals surface area (Å²) in [5, 5.41) is 5.81. The number of nitrogens with zero attached hydrogens (tertiary/aromatic N) is 2. The molecule has 0 bridgehead atoms. The van der Waals surface area contributed by atoms with Crippen molar-refractivity contribution in [1.29, 1.82) is 0 Å². The number of likely N-dealkylation sites (N-methyl/N-ethyl adjacent to an activating group) is 1. The molecule has 1 aromatic heterocycles. The molecule has 0 aliphatic rings. The van der Waals surface area contributed by atoms with E-state index in [2.05, 4.69) is 26.6 Å². The van der Waals surface area contributed by atoms with Gasteiger partial charge in [-0.05, 0) is 39.7 Å². The molecular formula is C20H23BrCl2N4O5S. The minimum absolute atomic E-state index is 0.0106. The first-order chi connectivity index (χ1) is 15.5. The molecule has 2 aromatic rings. The van der Waals surface area contributed by atoms with E-state index in [1.165, 1.54) is 13.1 Å². The topological polar surface area (TPSA) is 118 Å². The highest BCUT2D eigenvalue weighted by atomic mass is 79.9. The third kappa shape index (κ3) is 7.54. The van der Waals surface area contributed by atoms with E-state index >= 15 is 0 Å². The number of benzene rings is 1. The van der Waals surface area contributed by atoms with Crippen molar-refractivity contribution in [1.82, 2.24) is 19.5 Å². The maximum absolute atomic E-state index is 13.0. The average molecular weight is 582 g/mol. The van der Waals surface area contributed by atoms with E-state index in [1.54, 1.807) is 24.3 Å². The number of carbonyl (C=O) groups is 2. The Hall–Kier alpha value is -1.92. The highest BCUT2D eigenvalue weighted by molar-refractivity contribution is 9.10. The SMILES string of the molecule is CN(CCNC(=O)c1c(Br)cc(C(=O)NCc2ccc(Cl)cc2)c(=O)n1CCCl)S(C)(=O)=O. The highest BCUT2D eigenvalue weighted by Crippen LogP contribution is 2.17. The smallest absolute Gasteiger partial charge is 0.269 e. The van der Waals surface area contributed by atoms with E-state index in [4.69, 9.17) is 23.2 Å². The Labute approximate surface area is 210 Å². The molecule has 180 valence electrons. The van der Waals surface area contributed by atoms with E-state index in [-0.39, 0.29) is 47.8 Å². The van der Waals surface area contributed by atoms with Crippen molar-refractivity contribution in [2.24, 2.45) is 0 Å². The number of alkyl halides is 1. The summed E-state index contributed by atoms with van der Waals surface area (Å²) in [5.41, 5.74) is -0.0555. The summed E-state index contributed by atoms with van der Waals surface area (Å²) in [4.78, 5) is 38.4. The van der Waals surface area contributed by atoms with E-state index in [9.17, 15) is 22.8 Å². The Morgan fingerprint density at radius 3 is 2.36 bits per heavy atom. The molecule has 2 amide bonds. The predicted octanol–water partition coefficient (Wildman–Crippen LogP) is 2.05. The summed E-state index contributed by atoms with van der Waals surface area (Å²) in [6.45, 7) is 0.238. The molecule has 1 heterocycles. The number of carbonyl (C=O) groups excluding carboxylic acids is 2. The van der Waals surface area contributed by atoms with Gasteiger partial charge >= 0.3 is 0 Å². The van der Waals surface area contributed by atoms with Gasteiger partial charge in [0, 0.05) is 48.6 Å². The van der Waals surface area contributed by atoms with Gasteiger partial charge in [0.1, 0.15) is 11.3 Å². The number of rotatable bonds is 10. The Kier molecular flexibility index (Phi) is 9.92. The first-order valence-corrected chi connectivity index (χ1v) is 13.2. The van der Waals surface area contributed by atoms with Crippen LogP contribution in [0.2, 0.25) is 5.02 Å². The van der Waals surface area contributed by atoms with Crippen LogP contribution in [0.5, 0.6) is 0 Å². The van der Waals surface area contributed by atoms with E-state index in [1.807, 2.05) is 0 Å². The summed E-state index contributed by atoms with van der Waals surface area (Å²) in [5.74, 6) is -1.20. The number of aromatic nitrogens is 1. The van der Waals surface area contributed by atoms with Crippen LogP contribution in [-0.4, -0.2) is 61.4 Å². The highest BCUT2D eigenvalue weighted by Gasteiger charge is 2.22. The van der Waals surface area contributed by atoms with Crippen molar-refractivity contribution in [2.75, 3.05) is 32.3 Å². The van der Waals surface area contributed by atoms with Crippen LogP contribution in [0.4, 0.5) is 0 Å². The second-order valence-corrected chi connectivity index (χ2v) is 10.8. The number of halogens is 3. The first-order valence-electron chi connectivity index (χ1n) is 9.67. The van der Waals surface area contributed by atoms with Crippen LogP contribution in [0, 0.1) is 0 Å². The second-order valence-electron chi connectivity index (χ2n) is 7.05. The number of sulfonamides is 1. The van der Waals surface area contributed by atoms with E-state index < -0.39 is 27.4 Å². The van der Waals surface area contributed by atoms with E-state index in [0.717, 1.165) is 20.7 Å². The summed E-state index contributed by atoms with van der Waals surface area (Å²) in [7, 11) is -2.00. The van der Waals surface area contributed by atoms with Crippen molar-refractivity contribution in [3.63, 3.8) is 0 Å². The van der Waals surface area contributed by atoms with Gasteiger partial charge in [0.2, 0.25) is 10.0 Å². The molecule has 2 rings (SSSR count). The van der Waals surface area contributed by atoms with Crippen molar-refractivity contribution >= 4 is 61.0 Å². The third-order valence-electron chi connectivity index (χ3n) is 4.66. The van der Waals surface area contributed by atoms with Gasteiger partial charge < -0.3 is 15.2 Å². The number of amides is 2. The molecule has 0 aliphatic heterocycles. The summed E-state index contributed by atoms with van der Waals surface area (Å²) in [6, 6.07) is 8.15. The molecule has 33 heavy (non-hydrogen) atoms. The van der Waals surface area contributed by atoms with Crippen LogP contribution in [-0.2, 0) is 23.1 Å². The Morgan fingerprint density at radius 1 is 1.15 bits per heavy atom. The quantitative estimate of drug-likeness (QED) is 0.416. The minimum atomic E-state index is -3.39. The molecular weight excluding hydrogens is 559 g/mol. The molecule has 0 fully saturated rings. The van der Waals surface area contributed by atoms with Gasteiger partial charge in [-0.25, -0.2) is 12.7 Å². The van der Waals surface area contributed by atoms with Crippen LogP contribution in [0.3, 0.4) is 0 Å².